The van der Waals surface area contributed by atoms with Crippen molar-refractivity contribution in [2.45, 2.75) is 254 Å². The molecule has 2 aliphatic heterocycles. The highest BCUT2D eigenvalue weighted by molar-refractivity contribution is 5.76. The predicted molar refractivity (Wildman–Crippen MR) is 295 cm³/mol. The molecule has 0 saturated carbocycles. The van der Waals surface area contributed by atoms with E-state index < -0.39 is 86.8 Å². The van der Waals surface area contributed by atoms with Crippen LogP contribution in [-0.4, -0.2) is 140 Å². The fraction of sp³-hybridized carbons (Fsp3) is 0.717. The van der Waals surface area contributed by atoms with Crippen molar-refractivity contribution in [1.29, 1.82) is 0 Å². The fourth-order valence-corrected chi connectivity index (χ4v) is 8.69. The minimum Gasteiger partial charge on any atom is -0.394 e. The van der Waals surface area contributed by atoms with Gasteiger partial charge in [-0.25, -0.2) is 0 Å². The van der Waals surface area contributed by atoms with Crippen molar-refractivity contribution in [3.8, 4) is 0 Å². The largest absolute Gasteiger partial charge is 0.394 e. The van der Waals surface area contributed by atoms with Gasteiger partial charge in [-0.2, -0.15) is 0 Å². The number of hydrogen-bond donors (Lipinski definition) is 9. The van der Waals surface area contributed by atoms with Gasteiger partial charge in [-0.05, 0) is 70.6 Å². The lowest BCUT2D eigenvalue weighted by atomic mass is 9.97. The van der Waals surface area contributed by atoms with Gasteiger partial charge in [0.2, 0.25) is 5.91 Å². The van der Waals surface area contributed by atoms with Crippen molar-refractivity contribution >= 4 is 5.91 Å². The van der Waals surface area contributed by atoms with Crippen molar-refractivity contribution in [1.82, 2.24) is 5.32 Å². The molecule has 2 heterocycles. The number of carbonyl (C=O) groups is 1. The number of unbranched alkanes of at least 4 members (excludes halogenated alkanes) is 16. The number of allylic oxidation sites excluding steroid dienone is 15. The molecule has 2 saturated heterocycles. The van der Waals surface area contributed by atoms with E-state index >= 15 is 0 Å². The summed E-state index contributed by atoms with van der Waals surface area (Å²) >= 11 is 0. The Bertz CT molecular complexity index is 1610. The third kappa shape index (κ3) is 30.6. The molecule has 2 fully saturated rings. The van der Waals surface area contributed by atoms with Crippen LogP contribution in [0.5, 0.6) is 0 Å². The Morgan fingerprint density at radius 1 is 0.500 bits per heavy atom. The number of aliphatic hydroxyl groups is 8. The van der Waals surface area contributed by atoms with E-state index in [-0.39, 0.29) is 18.9 Å². The molecule has 2 rings (SSSR count). The van der Waals surface area contributed by atoms with Crippen molar-refractivity contribution < 1.29 is 64.6 Å². The highest BCUT2D eigenvalue weighted by atomic mass is 16.7. The molecular weight excluding hydrogens is 943 g/mol. The molecule has 0 radical (unpaired) electrons. The van der Waals surface area contributed by atoms with E-state index in [9.17, 15) is 45.6 Å². The Balaban J connectivity index is 1.83. The summed E-state index contributed by atoms with van der Waals surface area (Å²) in [5.41, 5.74) is 0. The topological polar surface area (TPSA) is 228 Å². The van der Waals surface area contributed by atoms with Crippen LogP contribution in [0.4, 0.5) is 0 Å². The lowest BCUT2D eigenvalue weighted by Crippen LogP contribution is -2.65. The highest BCUT2D eigenvalue weighted by Gasteiger charge is 2.51. The van der Waals surface area contributed by atoms with Gasteiger partial charge in [0.25, 0.3) is 0 Å². The van der Waals surface area contributed by atoms with Gasteiger partial charge < -0.3 is 65.1 Å². The third-order valence-electron chi connectivity index (χ3n) is 13.3. The number of rotatable bonds is 43. The Morgan fingerprint density at radius 3 is 1.42 bits per heavy atom. The smallest absolute Gasteiger partial charge is 0.220 e. The molecule has 12 atom stereocenters. The van der Waals surface area contributed by atoms with Crippen molar-refractivity contribution in [3.63, 3.8) is 0 Å². The van der Waals surface area contributed by atoms with Crippen LogP contribution < -0.4 is 5.32 Å². The van der Waals surface area contributed by atoms with Gasteiger partial charge >= 0.3 is 0 Å². The first-order chi connectivity index (χ1) is 36.1. The molecule has 74 heavy (non-hydrogen) atoms. The van der Waals surface area contributed by atoms with Gasteiger partial charge in [-0.15, -0.1) is 0 Å². The second-order valence-corrected chi connectivity index (χ2v) is 19.7. The molecule has 9 N–H and O–H groups in total. The van der Waals surface area contributed by atoms with Crippen LogP contribution in [0.15, 0.2) is 97.2 Å². The maximum atomic E-state index is 13.2. The van der Waals surface area contributed by atoms with Gasteiger partial charge in [0.15, 0.2) is 12.6 Å². The molecule has 2 aliphatic rings. The number of nitrogens with one attached hydrogen (secondary N) is 1. The number of amides is 1. The molecule has 0 spiro atoms. The van der Waals surface area contributed by atoms with E-state index in [0.29, 0.717) is 12.8 Å². The number of aliphatic hydroxyl groups excluding tert-OH is 8. The van der Waals surface area contributed by atoms with Crippen LogP contribution in [0.1, 0.15) is 181 Å². The highest BCUT2D eigenvalue weighted by Crippen LogP contribution is 2.30. The molecule has 0 aliphatic carbocycles. The Kier molecular flexibility index (Phi) is 40.7. The first-order valence-corrected chi connectivity index (χ1v) is 28.5. The second-order valence-electron chi connectivity index (χ2n) is 19.7. The minimum absolute atomic E-state index is 0.196. The van der Waals surface area contributed by atoms with Gasteiger partial charge in [0.1, 0.15) is 48.8 Å². The quantitative estimate of drug-likeness (QED) is 0.0205. The molecule has 12 unspecified atom stereocenters. The average Bonchev–Trinajstić information content (AvgIpc) is 3.40. The van der Waals surface area contributed by atoms with Crippen LogP contribution in [0.2, 0.25) is 0 Å². The molecule has 0 bridgehead atoms. The SMILES string of the molecule is CC/C=C\C/C=C\C/C=C\C/C=C\C/C=C\C/C=C\C/C=C\CCCC(=O)NC(COC1OC(CO)C(OC2OC(CO)C(O)C(O)C2O)C(O)C1O)C(O)/C=C/CCCCCCCCCCCCCCCCC. The monoisotopic (exact) mass is 1040 g/mol. The van der Waals surface area contributed by atoms with E-state index in [2.05, 4.69) is 98.2 Å². The van der Waals surface area contributed by atoms with Crippen molar-refractivity contribution in [2.75, 3.05) is 19.8 Å². The van der Waals surface area contributed by atoms with Gasteiger partial charge in [0.05, 0.1) is 32.0 Å². The zero-order valence-corrected chi connectivity index (χ0v) is 45.3. The summed E-state index contributed by atoms with van der Waals surface area (Å²) in [6.07, 6.45) is 44.4. The minimum atomic E-state index is -1.80. The zero-order chi connectivity index (χ0) is 53.9. The zero-order valence-electron chi connectivity index (χ0n) is 45.3. The van der Waals surface area contributed by atoms with Crippen LogP contribution in [-0.2, 0) is 23.7 Å². The third-order valence-corrected chi connectivity index (χ3v) is 13.3. The molecule has 0 aromatic carbocycles. The molecule has 14 nitrogen and oxygen atoms in total. The van der Waals surface area contributed by atoms with Gasteiger partial charge in [-0.3, -0.25) is 4.79 Å². The lowest BCUT2D eigenvalue weighted by Gasteiger charge is -2.46. The summed E-state index contributed by atoms with van der Waals surface area (Å²) in [5.74, 6) is -0.301. The normalized spacial score (nSPS) is 26.0. The van der Waals surface area contributed by atoms with Crippen LogP contribution in [0.3, 0.4) is 0 Å². The van der Waals surface area contributed by atoms with E-state index in [0.717, 1.165) is 70.6 Å². The molecule has 0 aromatic heterocycles. The number of ether oxygens (including phenoxy) is 4. The molecule has 0 aromatic rings. The number of carbonyl (C=O) groups excluding carboxylic acids is 1. The maximum Gasteiger partial charge on any atom is 0.220 e. The summed E-state index contributed by atoms with van der Waals surface area (Å²) in [4.78, 5) is 13.2. The molecule has 14 heteroatoms. The second kappa shape index (κ2) is 45.0. The standard InChI is InChI=1S/C60H101NO13/c1-3-5-7-9-11-13-15-17-19-21-22-23-24-25-26-28-30-32-34-36-38-40-42-44-52(65)61-48(49(64)43-41-39-37-35-33-31-29-27-20-18-16-14-12-10-8-6-4-2)47-71-59-57(70)55(68)58(51(46-63)73-59)74-60-56(69)54(67)53(66)50(45-62)72-60/h5,7,11,13,17,19,22-23,25-26,30,32,36,38,41,43,48-51,53-60,62-64,66-70H,3-4,6,8-10,12,14-16,18,20-21,24,27-29,31,33-35,37,39-40,42,44-47H2,1-2H3,(H,61,65)/b7-5-,13-11-,19-17-,23-22-,26-25-,32-30-,38-36-,43-41+. The first-order valence-electron chi connectivity index (χ1n) is 28.5. The summed E-state index contributed by atoms with van der Waals surface area (Å²) in [7, 11) is 0. The van der Waals surface area contributed by atoms with Crippen LogP contribution >= 0.6 is 0 Å². The molecular formula is C60H101NO13. The summed E-state index contributed by atoms with van der Waals surface area (Å²) in [5, 5.41) is 87.0. The maximum absolute atomic E-state index is 13.2. The predicted octanol–water partition coefficient (Wildman–Crippen LogP) is 9.10. The van der Waals surface area contributed by atoms with E-state index in [1.54, 1.807) is 6.08 Å². The van der Waals surface area contributed by atoms with Crippen LogP contribution in [0, 0.1) is 0 Å². The van der Waals surface area contributed by atoms with Gasteiger partial charge in [-0.1, -0.05) is 201 Å². The number of hydrogen-bond acceptors (Lipinski definition) is 13. The lowest BCUT2D eigenvalue weighted by molar-refractivity contribution is -0.359. The van der Waals surface area contributed by atoms with Gasteiger partial charge in [0, 0.05) is 6.42 Å². The van der Waals surface area contributed by atoms with Crippen LogP contribution in [0.25, 0.3) is 0 Å². The Morgan fingerprint density at radius 2 is 0.932 bits per heavy atom. The summed E-state index contributed by atoms with van der Waals surface area (Å²) in [6.45, 7) is 2.63. The van der Waals surface area contributed by atoms with Crippen molar-refractivity contribution in [3.05, 3.63) is 97.2 Å². The summed E-state index contributed by atoms with van der Waals surface area (Å²) in [6, 6.07) is -0.952. The fourth-order valence-electron chi connectivity index (χ4n) is 8.69. The Hall–Kier alpha value is -3.09. The Labute approximate surface area is 445 Å². The summed E-state index contributed by atoms with van der Waals surface area (Å²) < 4.78 is 22.7. The molecule has 424 valence electrons. The van der Waals surface area contributed by atoms with E-state index in [1.807, 2.05) is 12.2 Å². The van der Waals surface area contributed by atoms with E-state index in [1.165, 1.54) is 77.0 Å². The van der Waals surface area contributed by atoms with E-state index in [4.69, 9.17) is 18.9 Å². The average molecular weight is 1040 g/mol. The first kappa shape index (κ1) is 67.0. The van der Waals surface area contributed by atoms with Crippen molar-refractivity contribution in [2.24, 2.45) is 0 Å². The molecule has 1 amide bonds.